The third-order valence-corrected chi connectivity index (χ3v) is 9.74. The molecule has 3 aliphatic rings. The first kappa shape index (κ1) is 24.2. The van der Waals surface area contributed by atoms with E-state index in [1.807, 2.05) is 83.9 Å². The lowest BCUT2D eigenvalue weighted by molar-refractivity contribution is -0.121. The summed E-state index contributed by atoms with van der Waals surface area (Å²) in [5.41, 5.74) is 3.49. The summed E-state index contributed by atoms with van der Waals surface area (Å²) in [6, 6.07) is 24.9. The Labute approximate surface area is 238 Å². The highest BCUT2D eigenvalue weighted by Crippen LogP contribution is 2.58. The number of allylic oxidation sites excluding steroid dienone is 1. The Morgan fingerprint density at radius 2 is 1.67 bits per heavy atom. The molecule has 0 bridgehead atoms. The number of anilines is 2. The Morgan fingerprint density at radius 3 is 2.44 bits per heavy atom. The van der Waals surface area contributed by atoms with Gasteiger partial charge in [0, 0.05) is 27.0 Å². The standard InChI is InChI=1S/C32H23BrN2O3S/c1-18-17-26-32(22-8-3-4-9-23(22)34-31(32)38)27(29(36)19-12-14-20(33)15-13-19)28(30(37)25-11-6-16-39-25)35(26)24-10-5-2-7-21(18)24/h2-17,26-28H,1H3,(H,34,38)/t26-,27+,28-,32-/m1/s1. The first-order valence-corrected chi connectivity index (χ1v) is 14.4. The van der Waals surface area contributed by atoms with E-state index in [9.17, 15) is 14.4 Å². The van der Waals surface area contributed by atoms with Crippen molar-refractivity contribution in [3.8, 4) is 0 Å². The van der Waals surface area contributed by atoms with Crippen LogP contribution in [0.3, 0.4) is 0 Å². The normalized spacial score (nSPS) is 24.6. The second-order valence-corrected chi connectivity index (χ2v) is 12.1. The van der Waals surface area contributed by atoms with E-state index in [1.54, 1.807) is 18.2 Å². The Bertz CT molecular complexity index is 1690. The molecule has 3 aromatic carbocycles. The predicted molar refractivity (Wildman–Crippen MR) is 158 cm³/mol. The van der Waals surface area contributed by atoms with Crippen molar-refractivity contribution in [3.05, 3.63) is 122 Å². The average Bonchev–Trinajstić information content (AvgIpc) is 3.66. The van der Waals surface area contributed by atoms with Crippen LogP contribution < -0.4 is 10.2 Å². The molecule has 7 rings (SSSR count). The summed E-state index contributed by atoms with van der Waals surface area (Å²) in [4.78, 5) is 46.1. The Kier molecular flexibility index (Phi) is 5.51. The van der Waals surface area contributed by atoms with Crippen LogP contribution in [0.25, 0.3) is 5.57 Å². The van der Waals surface area contributed by atoms with Crippen LogP contribution in [0.15, 0.2) is 101 Å². The molecule has 0 unspecified atom stereocenters. The van der Waals surface area contributed by atoms with Crippen LogP contribution >= 0.6 is 27.3 Å². The number of benzene rings is 3. The van der Waals surface area contributed by atoms with Crippen LogP contribution in [-0.4, -0.2) is 29.6 Å². The highest BCUT2D eigenvalue weighted by atomic mass is 79.9. The SMILES string of the molecule is CC1=C[C@H]2N(c3ccccc31)[C@@H](C(=O)c1cccs1)[C@@H](C(=O)c1ccc(Br)cc1)[C@]21C(=O)Nc2ccccc21. The number of fused-ring (bicyclic) bond motifs is 6. The number of para-hydroxylation sites is 2. The Hall–Kier alpha value is -3.81. The van der Waals surface area contributed by atoms with Gasteiger partial charge < -0.3 is 10.2 Å². The van der Waals surface area contributed by atoms with Gasteiger partial charge in [-0.15, -0.1) is 11.3 Å². The number of ketones is 2. The second kappa shape index (κ2) is 8.86. The van der Waals surface area contributed by atoms with Crippen LogP contribution in [0.2, 0.25) is 0 Å². The number of halogens is 1. The maximum Gasteiger partial charge on any atom is 0.238 e. The minimum Gasteiger partial charge on any atom is -0.352 e. The van der Waals surface area contributed by atoms with Crippen molar-refractivity contribution in [2.75, 3.05) is 10.2 Å². The lowest BCUT2D eigenvalue weighted by Crippen LogP contribution is -2.51. The van der Waals surface area contributed by atoms with Crippen molar-refractivity contribution in [3.63, 3.8) is 0 Å². The summed E-state index contributed by atoms with van der Waals surface area (Å²) in [5.74, 6) is -1.58. The molecule has 0 aliphatic carbocycles. The molecule has 1 saturated heterocycles. The predicted octanol–water partition coefficient (Wildman–Crippen LogP) is 6.76. The van der Waals surface area contributed by atoms with Gasteiger partial charge in [-0.05, 0) is 53.8 Å². The fourth-order valence-corrected chi connectivity index (χ4v) is 7.71. The molecule has 7 heteroatoms. The van der Waals surface area contributed by atoms with Crippen LogP contribution in [0, 0.1) is 5.92 Å². The van der Waals surface area contributed by atoms with E-state index in [0.29, 0.717) is 16.1 Å². The van der Waals surface area contributed by atoms with Crippen molar-refractivity contribution in [1.82, 2.24) is 0 Å². The number of hydrogen-bond donors (Lipinski definition) is 1. The molecule has 4 atom stereocenters. The zero-order chi connectivity index (χ0) is 26.9. The molecule has 0 radical (unpaired) electrons. The number of rotatable bonds is 4. The molecule has 39 heavy (non-hydrogen) atoms. The zero-order valence-electron chi connectivity index (χ0n) is 20.9. The van der Waals surface area contributed by atoms with Gasteiger partial charge in [-0.25, -0.2) is 0 Å². The first-order valence-electron chi connectivity index (χ1n) is 12.8. The van der Waals surface area contributed by atoms with E-state index < -0.39 is 23.4 Å². The molecule has 1 aromatic heterocycles. The molecule has 1 amide bonds. The summed E-state index contributed by atoms with van der Waals surface area (Å²) >= 11 is 4.82. The van der Waals surface area contributed by atoms with Crippen molar-refractivity contribution < 1.29 is 14.4 Å². The van der Waals surface area contributed by atoms with E-state index in [2.05, 4.69) is 27.3 Å². The number of Topliss-reactive ketones (excluding diaryl/α,β-unsaturated/α-hetero) is 2. The summed E-state index contributed by atoms with van der Waals surface area (Å²) in [7, 11) is 0. The number of nitrogens with one attached hydrogen (secondary N) is 1. The van der Waals surface area contributed by atoms with Crippen molar-refractivity contribution in [2.45, 2.75) is 24.4 Å². The van der Waals surface area contributed by atoms with Gasteiger partial charge in [0.05, 0.1) is 16.8 Å². The molecule has 1 fully saturated rings. The Morgan fingerprint density at radius 1 is 0.923 bits per heavy atom. The van der Waals surface area contributed by atoms with Gasteiger partial charge >= 0.3 is 0 Å². The van der Waals surface area contributed by atoms with Gasteiger partial charge in [0.15, 0.2) is 11.6 Å². The fraction of sp³-hybridized carbons (Fsp3) is 0.156. The third-order valence-electron chi connectivity index (χ3n) is 8.33. The number of carbonyl (C=O) groups is 3. The maximum atomic E-state index is 14.7. The molecule has 1 N–H and O–H groups in total. The van der Waals surface area contributed by atoms with E-state index in [-0.39, 0.29) is 17.5 Å². The molecule has 1 spiro atoms. The van der Waals surface area contributed by atoms with Crippen molar-refractivity contribution >= 4 is 61.7 Å². The molecular formula is C32H23BrN2O3S. The number of amides is 1. The maximum absolute atomic E-state index is 14.7. The minimum atomic E-state index is -1.30. The summed E-state index contributed by atoms with van der Waals surface area (Å²) < 4.78 is 0.847. The number of nitrogens with zero attached hydrogens (tertiary/aromatic N) is 1. The smallest absolute Gasteiger partial charge is 0.238 e. The van der Waals surface area contributed by atoms with Crippen LogP contribution in [0.5, 0.6) is 0 Å². The van der Waals surface area contributed by atoms with Gasteiger partial charge in [0.2, 0.25) is 5.91 Å². The number of thiophene rings is 1. The first-order chi connectivity index (χ1) is 18.9. The quantitative estimate of drug-likeness (QED) is 0.265. The monoisotopic (exact) mass is 594 g/mol. The highest BCUT2D eigenvalue weighted by molar-refractivity contribution is 9.10. The lowest BCUT2D eigenvalue weighted by atomic mass is 9.64. The van der Waals surface area contributed by atoms with E-state index in [0.717, 1.165) is 26.9 Å². The number of carbonyl (C=O) groups excluding carboxylic acids is 3. The van der Waals surface area contributed by atoms with E-state index >= 15 is 0 Å². The molecular weight excluding hydrogens is 572 g/mol. The number of hydrogen-bond acceptors (Lipinski definition) is 5. The summed E-state index contributed by atoms with van der Waals surface area (Å²) in [5, 5.41) is 4.95. The highest BCUT2D eigenvalue weighted by Gasteiger charge is 2.70. The largest absolute Gasteiger partial charge is 0.352 e. The molecule has 5 nitrogen and oxygen atoms in total. The Balaban J connectivity index is 1.56. The molecule has 192 valence electrons. The van der Waals surface area contributed by atoms with E-state index in [4.69, 9.17) is 0 Å². The summed E-state index contributed by atoms with van der Waals surface area (Å²) in [6.07, 6.45) is 2.08. The average molecular weight is 596 g/mol. The molecule has 4 heterocycles. The van der Waals surface area contributed by atoms with Crippen LogP contribution in [0.1, 0.15) is 38.1 Å². The van der Waals surface area contributed by atoms with Crippen molar-refractivity contribution in [2.24, 2.45) is 5.92 Å². The zero-order valence-corrected chi connectivity index (χ0v) is 23.3. The summed E-state index contributed by atoms with van der Waals surface area (Å²) in [6.45, 7) is 2.03. The molecule has 4 aromatic rings. The van der Waals surface area contributed by atoms with E-state index in [1.165, 1.54) is 11.3 Å². The van der Waals surface area contributed by atoms with Gasteiger partial charge in [-0.3, -0.25) is 14.4 Å². The minimum absolute atomic E-state index is 0.151. The lowest BCUT2D eigenvalue weighted by Gasteiger charge is -2.39. The fourth-order valence-electron chi connectivity index (χ4n) is 6.75. The second-order valence-electron chi connectivity index (χ2n) is 10.2. The van der Waals surface area contributed by atoms with Crippen LogP contribution in [-0.2, 0) is 10.2 Å². The third kappa shape index (κ3) is 3.33. The molecule has 3 aliphatic heterocycles. The van der Waals surface area contributed by atoms with Gasteiger partial charge in [-0.1, -0.05) is 76.6 Å². The van der Waals surface area contributed by atoms with Gasteiger partial charge in [0.1, 0.15) is 11.5 Å². The van der Waals surface area contributed by atoms with Crippen LogP contribution in [0.4, 0.5) is 11.4 Å². The topological polar surface area (TPSA) is 66.5 Å². The van der Waals surface area contributed by atoms with Gasteiger partial charge in [-0.2, -0.15) is 0 Å². The molecule has 0 saturated carbocycles. The van der Waals surface area contributed by atoms with Crippen molar-refractivity contribution in [1.29, 1.82) is 0 Å². The van der Waals surface area contributed by atoms with Gasteiger partial charge in [0.25, 0.3) is 0 Å².